The van der Waals surface area contributed by atoms with Gasteiger partial charge in [0, 0.05) is 53.5 Å². The number of aromatic hydroxyl groups is 1. The van der Waals surface area contributed by atoms with Crippen molar-refractivity contribution in [1.82, 2.24) is 25.9 Å². The van der Waals surface area contributed by atoms with Crippen LogP contribution in [0.15, 0.2) is 79.1 Å². The van der Waals surface area contributed by atoms with Gasteiger partial charge in [0.05, 0.1) is 9.61 Å². The van der Waals surface area contributed by atoms with Crippen molar-refractivity contribution in [3.8, 4) is 5.75 Å². The molecule has 0 radical (unpaired) electrons. The summed E-state index contributed by atoms with van der Waals surface area (Å²) in [5, 5.41) is 29.7. The Kier molecular flexibility index (Phi) is 10.5. The zero-order valence-electron chi connectivity index (χ0n) is 25.4. The van der Waals surface area contributed by atoms with Gasteiger partial charge in [0.1, 0.15) is 23.9 Å². The largest absolute Gasteiger partial charge is 0.507 e. The van der Waals surface area contributed by atoms with Crippen molar-refractivity contribution < 1.29 is 29.4 Å². The van der Waals surface area contributed by atoms with Crippen LogP contribution in [0, 0.1) is 3.57 Å². The quantitative estimate of drug-likeness (QED) is 0.0846. The van der Waals surface area contributed by atoms with Crippen molar-refractivity contribution in [3.05, 3.63) is 99.4 Å². The number of carboxylic acids is 1. The Bertz CT molecular complexity index is 1930. The third-order valence-electron chi connectivity index (χ3n) is 7.94. The number of amides is 3. The van der Waals surface area contributed by atoms with Gasteiger partial charge in [-0.25, -0.2) is 4.79 Å². The molecular formula is C34H35IN6O6. The minimum absolute atomic E-state index is 0.0338. The lowest BCUT2D eigenvalue weighted by atomic mass is 10.0. The van der Waals surface area contributed by atoms with E-state index < -0.39 is 47.9 Å². The molecule has 4 atom stereocenters. The summed E-state index contributed by atoms with van der Waals surface area (Å²) in [5.74, 6) is -3.10. The highest BCUT2D eigenvalue weighted by atomic mass is 127. The smallest absolute Gasteiger partial charge is 0.326 e. The predicted molar refractivity (Wildman–Crippen MR) is 186 cm³/mol. The molecule has 244 valence electrons. The molecule has 0 unspecified atom stereocenters. The molecule has 0 aliphatic rings. The Morgan fingerprint density at radius 1 is 0.745 bits per heavy atom. The molecule has 47 heavy (non-hydrogen) atoms. The molecule has 0 spiro atoms. The molecule has 5 aromatic rings. The summed E-state index contributed by atoms with van der Waals surface area (Å²) in [5.41, 5.74) is 9.61. The van der Waals surface area contributed by atoms with E-state index in [1.165, 1.54) is 13.0 Å². The Labute approximate surface area is 283 Å². The average Bonchev–Trinajstić information content (AvgIpc) is 3.65. The van der Waals surface area contributed by atoms with Gasteiger partial charge in [0.25, 0.3) is 0 Å². The number of aromatic amines is 2. The second-order valence-electron chi connectivity index (χ2n) is 11.4. The minimum atomic E-state index is -1.33. The molecule has 9 N–H and O–H groups in total. The lowest BCUT2D eigenvalue weighted by Crippen LogP contribution is -2.58. The highest BCUT2D eigenvalue weighted by molar-refractivity contribution is 14.1. The van der Waals surface area contributed by atoms with Crippen LogP contribution in [0.25, 0.3) is 21.8 Å². The number of nitrogens with two attached hydrogens (primary N) is 1. The number of benzene rings is 3. The predicted octanol–water partition coefficient (Wildman–Crippen LogP) is 2.87. The number of hydrogen-bond acceptors (Lipinski definition) is 6. The van der Waals surface area contributed by atoms with Crippen LogP contribution in [-0.2, 0) is 38.4 Å². The topological polar surface area (TPSA) is 202 Å². The van der Waals surface area contributed by atoms with Crippen LogP contribution in [0.3, 0.4) is 0 Å². The number of carbonyl (C=O) groups is 4. The maximum atomic E-state index is 13.9. The van der Waals surface area contributed by atoms with Gasteiger partial charge in [-0.2, -0.15) is 0 Å². The van der Waals surface area contributed by atoms with Crippen LogP contribution in [0.5, 0.6) is 5.75 Å². The molecule has 0 aliphatic carbocycles. The van der Waals surface area contributed by atoms with E-state index >= 15 is 0 Å². The Morgan fingerprint density at radius 2 is 1.23 bits per heavy atom. The van der Waals surface area contributed by atoms with Crippen molar-refractivity contribution >= 4 is 68.1 Å². The number of para-hydroxylation sites is 2. The number of aliphatic carboxylic acids is 1. The van der Waals surface area contributed by atoms with Crippen molar-refractivity contribution in [1.29, 1.82) is 0 Å². The van der Waals surface area contributed by atoms with Crippen molar-refractivity contribution in [2.24, 2.45) is 5.73 Å². The summed E-state index contributed by atoms with van der Waals surface area (Å²) < 4.78 is 0.537. The monoisotopic (exact) mass is 750 g/mol. The summed E-state index contributed by atoms with van der Waals surface area (Å²) in [6.45, 7) is 1.50. The SMILES string of the molecule is C[C@H](N)C(=O)N[C@@H](Cc1c[nH]c2ccccc12)C(=O)N[C@@H](Cc1c[nH]c2ccccc12)C(=O)N[C@@H](Cc1ccc(O)c(I)c1)C(=O)O. The van der Waals surface area contributed by atoms with Crippen molar-refractivity contribution in [3.63, 3.8) is 0 Å². The molecule has 0 fully saturated rings. The molecule has 0 saturated heterocycles. The van der Waals surface area contributed by atoms with Crippen LogP contribution in [0.4, 0.5) is 0 Å². The summed E-state index contributed by atoms with van der Waals surface area (Å²) in [4.78, 5) is 59.1. The first-order valence-electron chi connectivity index (χ1n) is 15.0. The average molecular weight is 751 g/mol. The molecule has 2 heterocycles. The van der Waals surface area contributed by atoms with Crippen molar-refractivity contribution in [2.45, 2.75) is 50.4 Å². The van der Waals surface area contributed by atoms with Gasteiger partial charge in [0.2, 0.25) is 17.7 Å². The Hall–Kier alpha value is -4.89. The summed E-state index contributed by atoms with van der Waals surface area (Å²) in [7, 11) is 0. The maximum Gasteiger partial charge on any atom is 0.326 e. The van der Waals surface area contributed by atoms with Crippen LogP contribution in [-0.4, -0.2) is 68.0 Å². The van der Waals surface area contributed by atoms with Crippen LogP contribution < -0.4 is 21.7 Å². The second-order valence-corrected chi connectivity index (χ2v) is 12.6. The van der Waals surface area contributed by atoms with Crippen LogP contribution in [0.2, 0.25) is 0 Å². The highest BCUT2D eigenvalue weighted by Crippen LogP contribution is 2.23. The number of carboxylic acid groups (broad SMARTS) is 1. The van der Waals surface area contributed by atoms with Gasteiger partial charge in [-0.1, -0.05) is 42.5 Å². The number of carbonyl (C=O) groups excluding carboxylic acids is 3. The summed E-state index contributed by atoms with van der Waals surface area (Å²) in [6, 6.07) is 15.2. The zero-order valence-corrected chi connectivity index (χ0v) is 27.6. The second kappa shape index (κ2) is 14.7. The van der Waals surface area contributed by atoms with Gasteiger partial charge < -0.3 is 41.9 Å². The van der Waals surface area contributed by atoms with Gasteiger partial charge in [-0.3, -0.25) is 14.4 Å². The first-order valence-corrected chi connectivity index (χ1v) is 16.0. The fraction of sp³-hybridized carbons (Fsp3) is 0.235. The number of phenols is 1. The minimum Gasteiger partial charge on any atom is -0.507 e. The van der Waals surface area contributed by atoms with E-state index in [1.54, 1.807) is 24.5 Å². The number of aromatic nitrogens is 2. The molecule has 3 amide bonds. The van der Waals surface area contributed by atoms with Crippen LogP contribution in [0.1, 0.15) is 23.6 Å². The van der Waals surface area contributed by atoms with Gasteiger partial charge >= 0.3 is 5.97 Å². The fourth-order valence-electron chi connectivity index (χ4n) is 5.42. The molecular weight excluding hydrogens is 715 g/mol. The third-order valence-corrected chi connectivity index (χ3v) is 8.81. The molecule has 0 bridgehead atoms. The van der Waals surface area contributed by atoms with E-state index in [0.717, 1.165) is 32.9 Å². The third kappa shape index (κ3) is 8.10. The van der Waals surface area contributed by atoms with E-state index in [2.05, 4.69) is 25.9 Å². The molecule has 3 aromatic carbocycles. The molecule has 5 rings (SSSR count). The van der Waals surface area contributed by atoms with Gasteiger partial charge in [-0.15, -0.1) is 0 Å². The zero-order chi connectivity index (χ0) is 33.7. The summed E-state index contributed by atoms with van der Waals surface area (Å²) >= 11 is 1.94. The number of phenolic OH excluding ortho intramolecular Hbond substituents is 1. The van der Waals surface area contributed by atoms with E-state index in [1.807, 2.05) is 71.1 Å². The normalized spacial score (nSPS) is 13.9. The standard InChI is InChI=1S/C34H35IN6O6/c1-18(36)31(43)39-27(14-20-16-37-25-8-4-2-6-22(20)25)32(44)40-28(15-21-17-38-26-9-5-3-7-23(21)26)33(45)41-29(34(46)47)13-19-10-11-30(42)24(35)12-19/h2-12,16-18,27-29,37-38,42H,13-15,36H2,1H3,(H,39,43)(H,40,44)(H,41,45)(H,46,47)/t18-,27-,28-,29-/m0/s1. The molecule has 2 aromatic heterocycles. The molecule has 0 aliphatic heterocycles. The number of hydrogen-bond donors (Lipinski definition) is 8. The Balaban J connectivity index is 1.43. The Morgan fingerprint density at radius 3 is 1.72 bits per heavy atom. The maximum absolute atomic E-state index is 13.9. The number of fused-ring (bicyclic) bond motifs is 2. The number of halogens is 1. The molecule has 0 saturated carbocycles. The number of H-pyrrole nitrogens is 2. The molecule has 12 nitrogen and oxygen atoms in total. The van der Waals surface area contributed by atoms with E-state index in [9.17, 15) is 29.4 Å². The lowest BCUT2D eigenvalue weighted by molar-refractivity contribution is -0.142. The van der Waals surface area contributed by atoms with E-state index in [4.69, 9.17) is 5.73 Å². The number of rotatable bonds is 13. The molecule has 13 heteroatoms. The van der Waals surface area contributed by atoms with Gasteiger partial charge in [-0.05, 0) is 70.5 Å². The lowest BCUT2D eigenvalue weighted by Gasteiger charge is -2.25. The fourth-order valence-corrected chi connectivity index (χ4v) is 6.00. The van der Waals surface area contributed by atoms with Crippen LogP contribution >= 0.6 is 22.6 Å². The van der Waals surface area contributed by atoms with E-state index in [-0.39, 0.29) is 25.0 Å². The van der Waals surface area contributed by atoms with Gasteiger partial charge in [0.15, 0.2) is 0 Å². The summed E-state index contributed by atoms with van der Waals surface area (Å²) in [6.07, 6.45) is 3.59. The first kappa shape index (κ1) is 33.5. The van der Waals surface area contributed by atoms with Crippen molar-refractivity contribution in [2.75, 3.05) is 0 Å². The highest BCUT2D eigenvalue weighted by Gasteiger charge is 2.31. The number of nitrogens with one attached hydrogen (secondary N) is 5. The first-order chi connectivity index (χ1) is 22.5. The van der Waals surface area contributed by atoms with E-state index in [0.29, 0.717) is 9.13 Å².